The molecule has 2 aromatic heterocycles. The van der Waals surface area contributed by atoms with Gasteiger partial charge in [0.2, 0.25) is 0 Å². The van der Waals surface area contributed by atoms with Crippen molar-refractivity contribution in [3.63, 3.8) is 0 Å². The summed E-state index contributed by atoms with van der Waals surface area (Å²) in [5, 5.41) is 1.22. The molecule has 0 bridgehead atoms. The van der Waals surface area contributed by atoms with Crippen molar-refractivity contribution in [2.45, 2.75) is 58.1 Å². The summed E-state index contributed by atoms with van der Waals surface area (Å²) < 4.78 is 8.52. The van der Waals surface area contributed by atoms with Crippen LogP contribution in [-0.2, 0) is 32.2 Å². The Morgan fingerprint density at radius 3 is 2.78 bits per heavy atom. The number of para-hydroxylation sites is 1. The molecule has 2 aliphatic rings. The fourth-order valence-electron chi connectivity index (χ4n) is 5.32. The zero-order chi connectivity index (χ0) is 23.8. The van der Waals surface area contributed by atoms with Crippen molar-refractivity contribution in [1.29, 1.82) is 0 Å². The third kappa shape index (κ3) is 4.97. The minimum Gasteiger partial charge on any atom is -0.515 e. The van der Waals surface area contributed by atoms with Crippen LogP contribution in [0.3, 0.4) is 0 Å². The Morgan fingerprint density at radius 2 is 1.92 bits per heavy atom. The van der Waals surface area contributed by atoms with E-state index >= 15 is 0 Å². The monoisotopic (exact) mass is 655 g/mol. The summed E-state index contributed by atoms with van der Waals surface area (Å²) >= 11 is 0. The van der Waals surface area contributed by atoms with Crippen molar-refractivity contribution < 1.29 is 25.8 Å². The van der Waals surface area contributed by atoms with E-state index in [0.29, 0.717) is 6.04 Å². The molecule has 36 heavy (non-hydrogen) atoms. The molecule has 4 nitrogen and oxygen atoms in total. The summed E-state index contributed by atoms with van der Waals surface area (Å²) in [7, 11) is 0. The van der Waals surface area contributed by atoms with Crippen molar-refractivity contribution in [2.24, 2.45) is 4.99 Å². The van der Waals surface area contributed by atoms with E-state index < -0.39 is 0 Å². The number of hydrogen-bond donors (Lipinski definition) is 0. The normalized spacial score (nSPS) is 19.1. The second-order valence-electron chi connectivity index (χ2n) is 9.80. The van der Waals surface area contributed by atoms with Gasteiger partial charge in [-0.1, -0.05) is 49.3 Å². The quantitative estimate of drug-likeness (QED) is 0.223. The number of aromatic nitrogens is 2. The molecule has 5 heteroatoms. The Labute approximate surface area is 227 Å². The fourth-order valence-corrected chi connectivity index (χ4v) is 5.32. The van der Waals surface area contributed by atoms with Gasteiger partial charge in [0.05, 0.1) is 11.6 Å². The maximum atomic E-state index is 6.29. The van der Waals surface area contributed by atoms with E-state index in [2.05, 4.69) is 90.3 Å². The van der Waals surface area contributed by atoms with Gasteiger partial charge in [-0.25, -0.2) is 0 Å². The minimum atomic E-state index is 0. The molecule has 0 N–H and O–H groups in total. The number of nitrogens with zero attached hydrogens (tertiary/aromatic N) is 3. The minimum absolute atomic E-state index is 0. The van der Waals surface area contributed by atoms with Gasteiger partial charge in [0.1, 0.15) is 12.0 Å². The van der Waals surface area contributed by atoms with Gasteiger partial charge in [-0.2, -0.15) is 0 Å². The number of allylic oxidation sites excluding steroid dienone is 1. The van der Waals surface area contributed by atoms with E-state index in [-0.39, 0.29) is 27.2 Å². The number of rotatable bonds is 5. The molecule has 1 aliphatic heterocycles. The molecule has 3 heterocycles. The molecule has 2 aromatic carbocycles. The summed E-state index contributed by atoms with van der Waals surface area (Å²) in [5.74, 6) is 0.758. The summed E-state index contributed by atoms with van der Waals surface area (Å²) in [4.78, 5) is 9.42. The van der Waals surface area contributed by atoms with Gasteiger partial charge in [0, 0.05) is 56.5 Å². The smallest absolute Gasteiger partial charge is 0.130 e. The zero-order valence-electron chi connectivity index (χ0n) is 20.7. The van der Waals surface area contributed by atoms with E-state index in [9.17, 15) is 0 Å². The second-order valence-corrected chi connectivity index (χ2v) is 9.80. The van der Waals surface area contributed by atoms with Gasteiger partial charge in [0.15, 0.2) is 0 Å². The molecular formula is C31H30N3OPt-. The van der Waals surface area contributed by atoms with Crippen LogP contribution in [0.25, 0.3) is 22.7 Å². The summed E-state index contributed by atoms with van der Waals surface area (Å²) in [6.07, 6.45) is 14.2. The topological polar surface area (TPSA) is 39.4 Å². The van der Waals surface area contributed by atoms with Crippen molar-refractivity contribution >= 4 is 22.9 Å². The summed E-state index contributed by atoms with van der Waals surface area (Å²) in [6, 6.07) is 21.0. The van der Waals surface area contributed by atoms with Crippen LogP contribution in [0.1, 0.15) is 53.6 Å². The number of aryl methyl sites for hydroxylation is 2. The molecule has 0 spiro atoms. The molecule has 0 unspecified atom stereocenters. The maximum absolute atomic E-state index is 6.29. The first-order valence-electron chi connectivity index (χ1n) is 12.6. The fraction of sp³-hybridized carbons (Fsp3) is 0.290. The van der Waals surface area contributed by atoms with Crippen molar-refractivity contribution in [3.8, 4) is 5.69 Å². The van der Waals surface area contributed by atoms with E-state index in [0.717, 1.165) is 47.6 Å². The largest absolute Gasteiger partial charge is 0.515 e. The Bertz CT molecular complexity index is 1450. The summed E-state index contributed by atoms with van der Waals surface area (Å²) in [5.41, 5.74) is 7.81. The van der Waals surface area contributed by atoms with Gasteiger partial charge in [0.25, 0.3) is 0 Å². The molecule has 0 saturated heterocycles. The van der Waals surface area contributed by atoms with Crippen molar-refractivity contribution in [2.75, 3.05) is 0 Å². The molecule has 186 valence electrons. The Morgan fingerprint density at radius 1 is 1.06 bits per heavy atom. The standard InChI is InChI=1S/C31H30N3O.Pt/c1-21-14-15-32-25(17-21)9-7-8-23-20-34(29-12-5-3-10-27(23)29)26-18-22(2)16-24(19-26)31-33-28-11-4-6-13-30(28)35-31;/h3,5,7-8,10,12,14-18,20,28,30H,4,6,9,11,13H2,1-2H3;/q-1;/b8-7-;/t28-,30-;/m0./s1. The predicted octanol–water partition coefficient (Wildman–Crippen LogP) is 6.78. The van der Waals surface area contributed by atoms with Gasteiger partial charge >= 0.3 is 0 Å². The van der Waals surface area contributed by atoms with Crippen LogP contribution >= 0.6 is 0 Å². The number of fused-ring (bicyclic) bond motifs is 2. The van der Waals surface area contributed by atoms with Crippen LogP contribution in [0.4, 0.5) is 0 Å². The van der Waals surface area contributed by atoms with E-state index in [4.69, 9.17) is 9.73 Å². The van der Waals surface area contributed by atoms with Gasteiger partial charge in [-0.05, 0) is 55.6 Å². The van der Waals surface area contributed by atoms with Crippen molar-refractivity contribution in [3.05, 3.63) is 101 Å². The molecular weight excluding hydrogens is 625 g/mol. The van der Waals surface area contributed by atoms with Crippen LogP contribution in [-0.4, -0.2) is 27.6 Å². The molecule has 1 aliphatic carbocycles. The second kappa shape index (κ2) is 10.6. The van der Waals surface area contributed by atoms with E-state index in [1.54, 1.807) is 0 Å². The van der Waals surface area contributed by atoms with Crippen LogP contribution < -0.4 is 0 Å². The third-order valence-corrected chi connectivity index (χ3v) is 7.04. The first-order valence-corrected chi connectivity index (χ1v) is 12.6. The molecule has 0 radical (unpaired) electrons. The number of hydrogen-bond acceptors (Lipinski definition) is 3. The van der Waals surface area contributed by atoms with Crippen molar-refractivity contribution in [1.82, 2.24) is 9.55 Å². The van der Waals surface area contributed by atoms with Crippen LogP contribution in [0.15, 0.2) is 72.0 Å². The average Bonchev–Trinajstić information content (AvgIpc) is 3.46. The zero-order valence-corrected chi connectivity index (χ0v) is 23.0. The van der Waals surface area contributed by atoms with Gasteiger partial charge < -0.3 is 9.30 Å². The predicted molar refractivity (Wildman–Crippen MR) is 142 cm³/mol. The van der Waals surface area contributed by atoms with Crippen LogP contribution in [0.5, 0.6) is 0 Å². The van der Waals surface area contributed by atoms with Crippen LogP contribution in [0.2, 0.25) is 0 Å². The number of benzene rings is 2. The Balaban J connectivity index is 0.00000267. The average molecular weight is 656 g/mol. The van der Waals surface area contributed by atoms with Gasteiger partial charge in [-0.15, -0.1) is 23.8 Å². The van der Waals surface area contributed by atoms with Crippen LogP contribution in [0, 0.1) is 19.9 Å². The van der Waals surface area contributed by atoms with Gasteiger partial charge in [-0.3, -0.25) is 9.98 Å². The molecule has 2 atom stereocenters. The number of ether oxygens (including phenoxy) is 1. The third-order valence-electron chi connectivity index (χ3n) is 7.04. The molecule has 6 rings (SSSR count). The number of pyridine rings is 1. The SMILES string of the molecule is Cc1cc(C2=N[C@H]3CCCC[C@@H]3O2)[c-]c(-n2cc(/C=C\Cc3cc(C)ccn3)c3ccccc32)c1.[Pt]. The molecule has 1 saturated carbocycles. The number of aliphatic imine (C=N–C) groups is 1. The van der Waals surface area contributed by atoms with E-state index in [1.165, 1.54) is 34.9 Å². The Hall–Kier alpha value is -2.97. The first kappa shape index (κ1) is 24.7. The first-order chi connectivity index (χ1) is 17.1. The van der Waals surface area contributed by atoms with E-state index in [1.807, 2.05) is 12.3 Å². The Kier molecular flexibility index (Phi) is 7.25. The molecule has 0 amide bonds. The molecule has 1 fully saturated rings. The maximum Gasteiger partial charge on any atom is 0.130 e. The summed E-state index contributed by atoms with van der Waals surface area (Å²) in [6.45, 7) is 4.23. The molecule has 4 aromatic rings.